The summed E-state index contributed by atoms with van der Waals surface area (Å²) in [6.45, 7) is 1.41. The van der Waals surface area contributed by atoms with E-state index in [4.69, 9.17) is 0 Å². The maximum atomic E-state index is 3.57. The monoisotopic (exact) mass is 222 g/mol. The highest BCUT2D eigenvalue weighted by Gasteiger charge is 2.40. The molecular weight excluding hydrogens is 196 g/mol. The van der Waals surface area contributed by atoms with Crippen molar-refractivity contribution in [2.24, 2.45) is 5.92 Å². The predicted octanol–water partition coefficient (Wildman–Crippen LogP) is 2.39. The van der Waals surface area contributed by atoms with Crippen LogP contribution in [-0.2, 0) is 0 Å². The summed E-state index contributed by atoms with van der Waals surface area (Å²) in [6, 6.07) is 2.58. The second-order valence-corrected chi connectivity index (χ2v) is 6.12. The topological polar surface area (TPSA) is 15.3 Å². The van der Waals surface area contributed by atoms with E-state index in [-0.39, 0.29) is 0 Å². The fourth-order valence-corrected chi connectivity index (χ4v) is 3.40. The van der Waals surface area contributed by atoms with E-state index >= 15 is 0 Å². The molecule has 0 aliphatic heterocycles. The second-order valence-electron chi connectivity index (χ2n) is 6.12. The van der Waals surface area contributed by atoms with Crippen molar-refractivity contribution < 1.29 is 0 Å². The van der Waals surface area contributed by atoms with Gasteiger partial charge in [0.15, 0.2) is 0 Å². The lowest BCUT2D eigenvalue weighted by molar-refractivity contribution is 0.112. The Labute approximate surface area is 99.8 Å². The first-order valence-corrected chi connectivity index (χ1v) is 7.31. The lowest BCUT2D eigenvalue weighted by Gasteiger charge is -2.40. The van der Waals surface area contributed by atoms with Gasteiger partial charge in [-0.3, -0.25) is 4.90 Å². The molecule has 0 radical (unpaired) electrons. The van der Waals surface area contributed by atoms with Gasteiger partial charge in [-0.1, -0.05) is 12.8 Å². The molecule has 0 spiro atoms. The Morgan fingerprint density at radius 2 is 1.75 bits per heavy atom. The molecule has 2 nitrogen and oxygen atoms in total. The molecule has 0 aromatic carbocycles. The van der Waals surface area contributed by atoms with Gasteiger partial charge in [0, 0.05) is 24.7 Å². The number of nitrogens with one attached hydrogen (secondary N) is 1. The number of hydrogen-bond donors (Lipinski definition) is 1. The fourth-order valence-electron chi connectivity index (χ4n) is 3.40. The molecule has 2 atom stereocenters. The van der Waals surface area contributed by atoms with Gasteiger partial charge < -0.3 is 5.32 Å². The molecule has 1 N–H and O–H groups in total. The van der Waals surface area contributed by atoms with Crippen LogP contribution in [-0.4, -0.2) is 36.6 Å². The van der Waals surface area contributed by atoms with Crippen molar-refractivity contribution in [1.29, 1.82) is 0 Å². The van der Waals surface area contributed by atoms with Crippen LogP contribution in [0, 0.1) is 5.92 Å². The highest BCUT2D eigenvalue weighted by molar-refractivity contribution is 4.97. The van der Waals surface area contributed by atoms with Crippen molar-refractivity contribution in [3.63, 3.8) is 0 Å². The summed E-state index contributed by atoms with van der Waals surface area (Å²) in [7, 11) is 2.16. The molecular formula is C14H26N2. The average molecular weight is 222 g/mol. The van der Waals surface area contributed by atoms with Crippen molar-refractivity contribution in [2.45, 2.75) is 69.5 Å². The third-order valence-electron chi connectivity index (χ3n) is 4.71. The molecule has 0 amide bonds. The quantitative estimate of drug-likeness (QED) is 0.768. The van der Waals surface area contributed by atoms with Gasteiger partial charge in [-0.25, -0.2) is 0 Å². The standard InChI is InChI=1S/C14H26N2/c1-15-13-4-2-3-5-14(13)16(12-8-9-12)10-11-6-7-11/h11-15H,2-10H2,1H3. The molecule has 16 heavy (non-hydrogen) atoms. The summed E-state index contributed by atoms with van der Waals surface area (Å²) in [6.07, 6.45) is 11.7. The van der Waals surface area contributed by atoms with Gasteiger partial charge in [0.25, 0.3) is 0 Å². The van der Waals surface area contributed by atoms with Gasteiger partial charge in [0.2, 0.25) is 0 Å². The van der Waals surface area contributed by atoms with Crippen molar-refractivity contribution in [1.82, 2.24) is 10.2 Å². The predicted molar refractivity (Wildman–Crippen MR) is 67.6 cm³/mol. The van der Waals surface area contributed by atoms with E-state index in [2.05, 4.69) is 17.3 Å². The first-order chi connectivity index (χ1) is 7.88. The van der Waals surface area contributed by atoms with Crippen LogP contribution in [0.2, 0.25) is 0 Å². The molecule has 3 rings (SSSR count). The SMILES string of the molecule is CNC1CCCCC1N(CC1CC1)C1CC1. The molecule has 0 saturated heterocycles. The van der Waals surface area contributed by atoms with Gasteiger partial charge in [-0.15, -0.1) is 0 Å². The van der Waals surface area contributed by atoms with Crippen LogP contribution < -0.4 is 5.32 Å². The van der Waals surface area contributed by atoms with Crippen molar-refractivity contribution in [3.05, 3.63) is 0 Å². The smallest absolute Gasteiger partial charge is 0.0252 e. The van der Waals surface area contributed by atoms with Crippen LogP contribution in [0.3, 0.4) is 0 Å². The van der Waals surface area contributed by atoms with Gasteiger partial charge >= 0.3 is 0 Å². The lowest BCUT2D eigenvalue weighted by atomic mass is 9.89. The maximum absolute atomic E-state index is 3.57. The van der Waals surface area contributed by atoms with Crippen LogP contribution in [0.15, 0.2) is 0 Å². The molecule has 3 saturated carbocycles. The highest BCUT2D eigenvalue weighted by atomic mass is 15.2. The zero-order valence-electron chi connectivity index (χ0n) is 10.6. The van der Waals surface area contributed by atoms with Gasteiger partial charge in [0.1, 0.15) is 0 Å². The molecule has 3 fully saturated rings. The minimum atomic E-state index is 0.771. The van der Waals surface area contributed by atoms with Crippen molar-refractivity contribution in [3.8, 4) is 0 Å². The van der Waals surface area contributed by atoms with Crippen LogP contribution in [0.1, 0.15) is 51.4 Å². The summed E-state index contributed by atoms with van der Waals surface area (Å²) in [5.41, 5.74) is 0. The van der Waals surface area contributed by atoms with E-state index in [0.29, 0.717) is 0 Å². The zero-order chi connectivity index (χ0) is 11.0. The minimum Gasteiger partial charge on any atom is -0.315 e. The molecule has 2 unspecified atom stereocenters. The zero-order valence-corrected chi connectivity index (χ0v) is 10.6. The van der Waals surface area contributed by atoms with Crippen LogP contribution >= 0.6 is 0 Å². The third kappa shape index (κ3) is 2.43. The van der Waals surface area contributed by atoms with E-state index in [1.54, 1.807) is 0 Å². The Morgan fingerprint density at radius 3 is 2.38 bits per heavy atom. The van der Waals surface area contributed by atoms with Crippen molar-refractivity contribution in [2.75, 3.05) is 13.6 Å². The molecule has 2 heteroatoms. The number of likely N-dealkylation sites (N-methyl/N-ethyl adjacent to an activating group) is 1. The summed E-state index contributed by atoms with van der Waals surface area (Å²) in [5.74, 6) is 1.06. The molecule has 3 aliphatic rings. The highest BCUT2D eigenvalue weighted by Crippen LogP contribution is 2.38. The Kier molecular flexibility index (Phi) is 3.21. The summed E-state index contributed by atoms with van der Waals surface area (Å²) < 4.78 is 0. The summed E-state index contributed by atoms with van der Waals surface area (Å²) in [4.78, 5) is 2.89. The van der Waals surface area contributed by atoms with Crippen LogP contribution in [0.4, 0.5) is 0 Å². The van der Waals surface area contributed by atoms with Gasteiger partial charge in [-0.2, -0.15) is 0 Å². The molecule has 0 aromatic rings. The fraction of sp³-hybridized carbons (Fsp3) is 1.00. The number of nitrogens with zero attached hydrogens (tertiary/aromatic N) is 1. The largest absolute Gasteiger partial charge is 0.315 e. The molecule has 92 valence electrons. The molecule has 0 aromatic heterocycles. The van der Waals surface area contributed by atoms with Gasteiger partial charge in [0.05, 0.1) is 0 Å². The third-order valence-corrected chi connectivity index (χ3v) is 4.71. The van der Waals surface area contributed by atoms with E-state index in [1.807, 2.05) is 0 Å². The Bertz CT molecular complexity index is 233. The lowest BCUT2D eigenvalue weighted by Crippen LogP contribution is -2.52. The minimum absolute atomic E-state index is 0.771. The first kappa shape index (κ1) is 11.0. The summed E-state index contributed by atoms with van der Waals surface area (Å²) in [5, 5.41) is 3.57. The second kappa shape index (κ2) is 4.66. The summed E-state index contributed by atoms with van der Waals surface area (Å²) >= 11 is 0. The van der Waals surface area contributed by atoms with Crippen LogP contribution in [0.5, 0.6) is 0 Å². The van der Waals surface area contributed by atoms with E-state index in [9.17, 15) is 0 Å². The van der Waals surface area contributed by atoms with Crippen LogP contribution in [0.25, 0.3) is 0 Å². The van der Waals surface area contributed by atoms with Crippen molar-refractivity contribution >= 4 is 0 Å². The average Bonchev–Trinajstić information content (AvgIpc) is 3.16. The molecule has 3 aliphatic carbocycles. The number of rotatable bonds is 5. The van der Waals surface area contributed by atoms with E-state index in [1.165, 1.54) is 57.9 Å². The van der Waals surface area contributed by atoms with E-state index < -0.39 is 0 Å². The van der Waals surface area contributed by atoms with Gasteiger partial charge in [-0.05, 0) is 51.5 Å². The van der Waals surface area contributed by atoms with E-state index in [0.717, 1.165) is 24.0 Å². The Hall–Kier alpha value is -0.0800. The first-order valence-electron chi connectivity index (χ1n) is 7.31. The molecule has 0 bridgehead atoms. The Balaban J connectivity index is 1.64. The number of hydrogen-bond acceptors (Lipinski definition) is 2. The Morgan fingerprint density at radius 1 is 1.00 bits per heavy atom. The molecule has 0 heterocycles. The maximum Gasteiger partial charge on any atom is 0.0252 e. The normalized spacial score (nSPS) is 35.6.